The zero-order valence-corrected chi connectivity index (χ0v) is 13.4. The molecule has 122 valence electrons. The normalized spacial score (nSPS) is 19.9. The van der Waals surface area contributed by atoms with Crippen LogP contribution in [-0.2, 0) is 5.60 Å². The Morgan fingerprint density at radius 2 is 1.83 bits per heavy atom. The van der Waals surface area contributed by atoms with Crippen LogP contribution in [0, 0.1) is 6.92 Å². The van der Waals surface area contributed by atoms with E-state index in [1.165, 1.54) is 17.8 Å². The van der Waals surface area contributed by atoms with E-state index in [9.17, 15) is 18.3 Å². The Balaban J connectivity index is 2.12. The molecule has 0 aliphatic carbocycles. The Kier molecular flexibility index (Phi) is 3.21. The van der Waals surface area contributed by atoms with Gasteiger partial charge >= 0.3 is 6.18 Å². The van der Waals surface area contributed by atoms with Crippen molar-refractivity contribution in [2.24, 2.45) is 0 Å². The molecule has 2 aromatic carbocycles. The lowest BCUT2D eigenvalue weighted by Gasteiger charge is -2.37. The number of para-hydroxylation sites is 1. The Morgan fingerprint density at radius 1 is 1.08 bits per heavy atom. The zero-order chi connectivity index (χ0) is 17.1. The van der Waals surface area contributed by atoms with Crippen LogP contribution in [0.1, 0.15) is 16.7 Å². The fourth-order valence-corrected chi connectivity index (χ4v) is 4.33. The number of halogens is 3. The molecule has 4 rings (SSSR count). The number of hydrogen-bond acceptors (Lipinski definition) is 3. The van der Waals surface area contributed by atoms with E-state index >= 15 is 0 Å². The van der Waals surface area contributed by atoms with Crippen molar-refractivity contribution < 1.29 is 18.3 Å². The van der Waals surface area contributed by atoms with Gasteiger partial charge in [-0.25, -0.2) is 0 Å². The van der Waals surface area contributed by atoms with Gasteiger partial charge in [-0.1, -0.05) is 47.7 Å². The molecule has 0 radical (unpaired) electrons. The van der Waals surface area contributed by atoms with Crippen molar-refractivity contribution >= 4 is 22.7 Å². The van der Waals surface area contributed by atoms with Gasteiger partial charge in [0.05, 0.1) is 5.52 Å². The molecule has 0 spiro atoms. The molecule has 1 N–H and O–H groups in total. The van der Waals surface area contributed by atoms with Gasteiger partial charge in [-0.05, 0) is 19.1 Å². The second-order valence-electron chi connectivity index (χ2n) is 5.83. The second-order valence-corrected chi connectivity index (χ2v) is 6.88. The highest BCUT2D eigenvalue weighted by atomic mass is 32.2. The Hall–Kier alpha value is -2.05. The number of rotatable bonds is 0. The minimum Gasteiger partial charge on any atom is -0.372 e. The van der Waals surface area contributed by atoms with Gasteiger partial charge < -0.3 is 5.11 Å². The molecular formula is C18H12F3NOS. The number of aromatic nitrogens is 1. The number of aryl methyl sites for hydroxylation is 1. The molecule has 0 fully saturated rings. The Morgan fingerprint density at radius 3 is 2.58 bits per heavy atom. The lowest BCUT2D eigenvalue weighted by molar-refractivity contribution is -0.250. The molecule has 3 aromatic rings. The van der Waals surface area contributed by atoms with E-state index in [2.05, 4.69) is 4.98 Å². The minimum atomic E-state index is -4.85. The lowest BCUT2D eigenvalue weighted by Crippen LogP contribution is -2.45. The fraction of sp³-hybridized carbons (Fsp3) is 0.167. The molecule has 1 unspecified atom stereocenters. The van der Waals surface area contributed by atoms with Crippen molar-refractivity contribution in [3.05, 3.63) is 65.4 Å². The highest BCUT2D eigenvalue weighted by Crippen LogP contribution is 2.55. The molecule has 0 bridgehead atoms. The van der Waals surface area contributed by atoms with E-state index in [1.807, 2.05) is 0 Å². The second kappa shape index (κ2) is 4.97. The Bertz CT molecular complexity index is 970. The maximum atomic E-state index is 13.9. The summed E-state index contributed by atoms with van der Waals surface area (Å²) in [5.74, 6) is 0. The van der Waals surface area contributed by atoms with Gasteiger partial charge in [0, 0.05) is 32.5 Å². The molecule has 1 aromatic heterocycles. The number of fused-ring (bicyclic) bond motifs is 4. The van der Waals surface area contributed by atoms with E-state index < -0.39 is 11.8 Å². The van der Waals surface area contributed by atoms with Crippen LogP contribution in [0.25, 0.3) is 10.9 Å². The van der Waals surface area contributed by atoms with Crippen molar-refractivity contribution in [3.8, 4) is 0 Å². The van der Waals surface area contributed by atoms with Gasteiger partial charge in [-0.2, -0.15) is 13.2 Å². The van der Waals surface area contributed by atoms with Crippen molar-refractivity contribution in [2.75, 3.05) is 0 Å². The van der Waals surface area contributed by atoms with Gasteiger partial charge in [-0.3, -0.25) is 4.98 Å². The highest BCUT2D eigenvalue weighted by molar-refractivity contribution is 7.99. The average Bonchev–Trinajstić information content (AvgIpc) is 2.54. The predicted molar refractivity (Wildman–Crippen MR) is 86.1 cm³/mol. The number of pyridine rings is 1. The Labute approximate surface area is 140 Å². The zero-order valence-electron chi connectivity index (χ0n) is 12.6. The summed E-state index contributed by atoms with van der Waals surface area (Å²) in [6, 6.07) is 11.8. The summed E-state index contributed by atoms with van der Waals surface area (Å²) in [6.07, 6.45) is -3.71. The largest absolute Gasteiger partial charge is 0.425 e. The smallest absolute Gasteiger partial charge is 0.372 e. The number of nitrogens with zero attached hydrogens (tertiary/aromatic N) is 1. The predicted octanol–water partition coefficient (Wildman–Crippen LogP) is 4.81. The molecule has 0 saturated heterocycles. The minimum absolute atomic E-state index is 0.135. The van der Waals surface area contributed by atoms with Crippen molar-refractivity contribution in [1.29, 1.82) is 0 Å². The first kappa shape index (κ1) is 15.5. The summed E-state index contributed by atoms with van der Waals surface area (Å²) >= 11 is 1.24. The monoisotopic (exact) mass is 347 g/mol. The first-order chi connectivity index (χ1) is 11.3. The molecule has 1 atom stereocenters. The van der Waals surface area contributed by atoms with E-state index in [4.69, 9.17) is 0 Å². The van der Waals surface area contributed by atoms with E-state index in [1.54, 1.807) is 43.3 Å². The van der Waals surface area contributed by atoms with Gasteiger partial charge in [0.2, 0.25) is 5.60 Å². The van der Waals surface area contributed by atoms with E-state index in [-0.39, 0.29) is 11.1 Å². The fourth-order valence-electron chi connectivity index (χ4n) is 3.06. The first-order valence-electron chi connectivity index (χ1n) is 7.28. The standard InChI is InChI=1S/C18H12F3NOS/c1-10-6-7-15-12(8-10)17(23,18(19,20)21)13-9-22-14-5-3-2-4-11(14)16(13)24-15/h2-9,23H,1H3. The van der Waals surface area contributed by atoms with E-state index in [0.29, 0.717) is 26.3 Å². The summed E-state index contributed by atoms with van der Waals surface area (Å²) in [5, 5.41) is 11.4. The van der Waals surface area contributed by atoms with Crippen LogP contribution < -0.4 is 0 Å². The van der Waals surface area contributed by atoms with Crippen LogP contribution in [0.4, 0.5) is 13.2 Å². The van der Waals surface area contributed by atoms with Gasteiger partial charge in [-0.15, -0.1) is 0 Å². The van der Waals surface area contributed by atoms with Crippen LogP contribution in [-0.4, -0.2) is 16.3 Å². The third kappa shape index (κ3) is 1.99. The van der Waals surface area contributed by atoms with Gasteiger partial charge in [0.25, 0.3) is 0 Å². The number of alkyl halides is 3. The van der Waals surface area contributed by atoms with Crippen molar-refractivity contribution in [3.63, 3.8) is 0 Å². The maximum Gasteiger partial charge on any atom is 0.425 e. The molecule has 6 heteroatoms. The summed E-state index contributed by atoms with van der Waals surface area (Å²) in [6.45, 7) is 1.70. The average molecular weight is 347 g/mol. The molecule has 1 aliphatic rings. The molecule has 24 heavy (non-hydrogen) atoms. The van der Waals surface area contributed by atoms with Crippen molar-refractivity contribution in [2.45, 2.75) is 28.5 Å². The third-order valence-corrected chi connectivity index (χ3v) is 5.48. The van der Waals surface area contributed by atoms with Crippen LogP contribution in [0.15, 0.2) is 58.5 Å². The van der Waals surface area contributed by atoms with Gasteiger partial charge in [0.15, 0.2) is 0 Å². The van der Waals surface area contributed by atoms with Crippen LogP contribution in [0.3, 0.4) is 0 Å². The number of aliphatic hydroxyl groups is 1. The summed E-state index contributed by atoms with van der Waals surface area (Å²) in [4.78, 5) is 4.93. The molecule has 0 saturated carbocycles. The highest BCUT2D eigenvalue weighted by Gasteiger charge is 2.60. The SMILES string of the molecule is Cc1ccc2c(c1)C(O)(C(F)(F)F)c1cnc3ccccc3c1S2. The topological polar surface area (TPSA) is 33.1 Å². The molecule has 1 aliphatic heterocycles. The lowest BCUT2D eigenvalue weighted by atomic mass is 9.84. The quantitative estimate of drug-likeness (QED) is 0.634. The third-order valence-electron chi connectivity index (χ3n) is 4.26. The summed E-state index contributed by atoms with van der Waals surface area (Å²) < 4.78 is 41.8. The van der Waals surface area contributed by atoms with E-state index in [0.717, 1.165) is 6.20 Å². The summed E-state index contributed by atoms with van der Waals surface area (Å²) in [5.41, 5.74) is -2.15. The van der Waals surface area contributed by atoms with Crippen molar-refractivity contribution in [1.82, 2.24) is 4.98 Å². The maximum absolute atomic E-state index is 13.9. The van der Waals surface area contributed by atoms with Crippen LogP contribution >= 0.6 is 11.8 Å². The summed E-state index contributed by atoms with van der Waals surface area (Å²) in [7, 11) is 0. The molecular weight excluding hydrogens is 335 g/mol. The van der Waals surface area contributed by atoms with Crippen LogP contribution in [0.2, 0.25) is 0 Å². The van der Waals surface area contributed by atoms with Gasteiger partial charge in [0.1, 0.15) is 0 Å². The number of benzene rings is 2. The van der Waals surface area contributed by atoms with Crippen LogP contribution in [0.5, 0.6) is 0 Å². The number of hydrogen-bond donors (Lipinski definition) is 1. The molecule has 2 nitrogen and oxygen atoms in total. The molecule has 2 heterocycles. The first-order valence-corrected chi connectivity index (χ1v) is 8.10. The molecule has 0 amide bonds.